The maximum Gasteiger partial charge on any atom is 0.263 e. The minimum absolute atomic E-state index is 0.194. The molecular weight excluding hydrogens is 394 g/mol. The number of benzene rings is 2. The van der Waals surface area contributed by atoms with Crippen LogP contribution < -0.4 is 10.2 Å². The van der Waals surface area contributed by atoms with Crippen molar-refractivity contribution in [2.75, 3.05) is 16.8 Å². The van der Waals surface area contributed by atoms with Crippen LogP contribution in [0.15, 0.2) is 52.8 Å². The van der Waals surface area contributed by atoms with E-state index < -0.39 is 23.9 Å². The molecule has 0 aromatic heterocycles. The first-order valence-electron chi connectivity index (χ1n) is 9.03. The fourth-order valence-corrected chi connectivity index (χ4v) is 3.49. The largest absolute Gasteiger partial charge is 0.324 e. The summed E-state index contributed by atoms with van der Waals surface area (Å²) >= 11 is 6.14. The minimum Gasteiger partial charge on any atom is -0.324 e. The van der Waals surface area contributed by atoms with Crippen LogP contribution in [0.3, 0.4) is 0 Å². The van der Waals surface area contributed by atoms with Gasteiger partial charge in [-0.1, -0.05) is 40.6 Å². The third-order valence-electron chi connectivity index (χ3n) is 4.91. The first-order chi connectivity index (χ1) is 13.8. The number of amides is 3. The Morgan fingerprint density at radius 1 is 1.10 bits per heavy atom. The minimum atomic E-state index is -0.963. The average Bonchev–Trinajstić information content (AvgIpc) is 3.20. The van der Waals surface area contributed by atoms with Crippen molar-refractivity contribution in [1.29, 1.82) is 0 Å². The summed E-state index contributed by atoms with van der Waals surface area (Å²) in [6.45, 7) is 3.59. The van der Waals surface area contributed by atoms with Crippen LogP contribution in [0.2, 0.25) is 5.02 Å². The summed E-state index contributed by atoms with van der Waals surface area (Å²) in [6, 6.07) is 10.4. The maximum atomic E-state index is 13.0. The van der Waals surface area contributed by atoms with E-state index in [2.05, 4.69) is 15.7 Å². The van der Waals surface area contributed by atoms with Gasteiger partial charge >= 0.3 is 0 Å². The molecule has 0 saturated carbocycles. The molecule has 2 aromatic rings. The molecule has 2 atom stereocenters. The van der Waals surface area contributed by atoms with Gasteiger partial charge in [-0.3, -0.25) is 19.4 Å². The Morgan fingerprint density at radius 3 is 2.52 bits per heavy atom. The van der Waals surface area contributed by atoms with Crippen molar-refractivity contribution < 1.29 is 14.4 Å². The van der Waals surface area contributed by atoms with Crippen molar-refractivity contribution >= 4 is 40.7 Å². The van der Waals surface area contributed by atoms with Gasteiger partial charge in [0.05, 0.1) is 5.69 Å². The summed E-state index contributed by atoms with van der Waals surface area (Å²) in [4.78, 5) is 39.1. The van der Waals surface area contributed by atoms with Crippen molar-refractivity contribution in [3.63, 3.8) is 0 Å². The Bertz CT molecular complexity index is 1040. The molecule has 2 aromatic carbocycles. The Kier molecular flexibility index (Phi) is 4.79. The van der Waals surface area contributed by atoms with Gasteiger partial charge in [0.1, 0.15) is 6.54 Å². The van der Waals surface area contributed by atoms with Crippen molar-refractivity contribution in [1.82, 2.24) is 5.01 Å². The number of carbonyl (C=O) groups is 3. The molecule has 0 spiro atoms. The zero-order chi connectivity index (χ0) is 20.7. The molecule has 0 aliphatic carbocycles. The number of hydrogen-bond donors (Lipinski definition) is 1. The number of nitrogens with zero attached hydrogens (tertiary/aromatic N) is 4. The molecule has 8 nitrogen and oxygen atoms in total. The van der Waals surface area contributed by atoms with Gasteiger partial charge < -0.3 is 5.32 Å². The Morgan fingerprint density at radius 2 is 1.83 bits per heavy atom. The topological polar surface area (TPSA) is 94.4 Å². The highest BCUT2D eigenvalue weighted by Crippen LogP contribution is 2.33. The van der Waals surface area contributed by atoms with Gasteiger partial charge in [-0.25, -0.2) is 4.90 Å². The third-order valence-corrected chi connectivity index (χ3v) is 5.32. The third kappa shape index (κ3) is 3.47. The van der Waals surface area contributed by atoms with Crippen LogP contribution in [0.1, 0.15) is 11.1 Å². The molecular formula is C20H18ClN5O3. The fraction of sp³-hybridized carbons (Fsp3) is 0.250. The van der Waals surface area contributed by atoms with Crippen molar-refractivity contribution in [3.8, 4) is 0 Å². The number of anilines is 2. The molecule has 148 valence electrons. The molecule has 1 fully saturated rings. The summed E-state index contributed by atoms with van der Waals surface area (Å²) < 4.78 is 0. The van der Waals surface area contributed by atoms with E-state index >= 15 is 0 Å². The van der Waals surface area contributed by atoms with E-state index in [0.29, 0.717) is 16.4 Å². The zero-order valence-corrected chi connectivity index (χ0v) is 16.6. The molecule has 3 amide bonds. The number of hydrogen-bond acceptors (Lipinski definition) is 6. The van der Waals surface area contributed by atoms with Crippen LogP contribution in [0.25, 0.3) is 0 Å². The molecule has 2 heterocycles. The van der Waals surface area contributed by atoms with Crippen molar-refractivity contribution in [2.45, 2.75) is 25.9 Å². The Hall–Kier alpha value is -3.26. The van der Waals surface area contributed by atoms with E-state index in [1.165, 1.54) is 5.01 Å². The van der Waals surface area contributed by atoms with Gasteiger partial charge in [0, 0.05) is 10.7 Å². The van der Waals surface area contributed by atoms with E-state index in [9.17, 15) is 14.4 Å². The van der Waals surface area contributed by atoms with E-state index in [1.54, 1.807) is 30.3 Å². The van der Waals surface area contributed by atoms with E-state index in [0.717, 1.165) is 16.0 Å². The number of rotatable bonds is 4. The second-order valence-electron chi connectivity index (χ2n) is 7.05. The SMILES string of the molecule is Cc1ccc(NC(=O)CN2N=N[C@@H]3C(=O)N(c4ccc(C)c(Cl)c4)C(=O)[C@@H]32)cc1. The van der Waals surface area contributed by atoms with E-state index in [4.69, 9.17) is 11.6 Å². The van der Waals surface area contributed by atoms with Crippen molar-refractivity contribution in [3.05, 3.63) is 58.6 Å². The molecule has 9 heteroatoms. The van der Waals surface area contributed by atoms with Crippen LogP contribution in [0.4, 0.5) is 11.4 Å². The molecule has 1 saturated heterocycles. The molecule has 1 N–H and O–H groups in total. The highest BCUT2D eigenvalue weighted by molar-refractivity contribution is 6.32. The number of nitrogens with one attached hydrogen (secondary N) is 1. The quantitative estimate of drug-likeness (QED) is 0.782. The van der Waals surface area contributed by atoms with Gasteiger partial charge in [-0.15, -0.1) is 0 Å². The van der Waals surface area contributed by atoms with Gasteiger partial charge in [-0.2, -0.15) is 5.11 Å². The fourth-order valence-electron chi connectivity index (χ4n) is 3.31. The number of carbonyl (C=O) groups excluding carboxylic acids is 3. The second kappa shape index (κ2) is 7.29. The Labute approximate surface area is 172 Å². The molecule has 2 aliphatic heterocycles. The van der Waals surface area contributed by atoms with Crippen LogP contribution in [0, 0.1) is 13.8 Å². The lowest BCUT2D eigenvalue weighted by Gasteiger charge is -2.20. The molecule has 29 heavy (non-hydrogen) atoms. The van der Waals surface area contributed by atoms with Gasteiger partial charge in [0.25, 0.3) is 11.8 Å². The lowest BCUT2D eigenvalue weighted by Crippen LogP contribution is -2.43. The van der Waals surface area contributed by atoms with Crippen LogP contribution in [-0.4, -0.2) is 41.4 Å². The number of aryl methyl sites for hydroxylation is 2. The van der Waals surface area contributed by atoms with Crippen LogP contribution in [-0.2, 0) is 14.4 Å². The molecule has 0 radical (unpaired) electrons. The highest BCUT2D eigenvalue weighted by atomic mass is 35.5. The van der Waals surface area contributed by atoms with Crippen LogP contribution in [0.5, 0.6) is 0 Å². The lowest BCUT2D eigenvalue weighted by atomic mass is 10.1. The molecule has 0 bridgehead atoms. The van der Waals surface area contributed by atoms with Crippen molar-refractivity contribution in [2.24, 2.45) is 10.3 Å². The summed E-state index contributed by atoms with van der Waals surface area (Å²) in [5.41, 5.74) is 2.93. The number of imide groups is 1. The Balaban J connectivity index is 1.49. The van der Waals surface area contributed by atoms with Gasteiger partial charge in [0.2, 0.25) is 5.91 Å². The summed E-state index contributed by atoms with van der Waals surface area (Å²) in [7, 11) is 0. The van der Waals surface area contributed by atoms with Gasteiger partial charge in [0.15, 0.2) is 12.1 Å². The highest BCUT2D eigenvalue weighted by Gasteiger charge is 2.55. The molecule has 4 rings (SSSR count). The summed E-state index contributed by atoms with van der Waals surface area (Å²) in [6.07, 6.45) is 0. The normalized spacial score (nSPS) is 20.4. The monoisotopic (exact) mass is 411 g/mol. The summed E-state index contributed by atoms with van der Waals surface area (Å²) in [5, 5.41) is 12.3. The number of halogens is 1. The first-order valence-corrected chi connectivity index (χ1v) is 9.41. The molecule has 2 aliphatic rings. The molecule has 0 unspecified atom stereocenters. The predicted octanol–water partition coefficient (Wildman–Crippen LogP) is 2.89. The smallest absolute Gasteiger partial charge is 0.263 e. The van der Waals surface area contributed by atoms with Gasteiger partial charge in [-0.05, 0) is 43.7 Å². The van der Waals surface area contributed by atoms with Crippen LogP contribution >= 0.6 is 11.6 Å². The lowest BCUT2D eigenvalue weighted by molar-refractivity contribution is -0.123. The first kappa shape index (κ1) is 19.1. The van der Waals surface area contributed by atoms with E-state index in [1.807, 2.05) is 26.0 Å². The predicted molar refractivity (Wildman–Crippen MR) is 108 cm³/mol. The standard InChI is InChI=1S/C20H18ClN5O3/c1-11-3-6-13(7-4-11)22-16(27)10-25-18-17(23-24-25)19(28)26(20(18)29)14-8-5-12(2)15(21)9-14/h3-9,17-18H,10H2,1-2H3,(H,22,27)/t17-,18+/m0/s1. The maximum absolute atomic E-state index is 13.0. The van der Waals surface area contributed by atoms with E-state index in [-0.39, 0.29) is 12.5 Å². The number of fused-ring (bicyclic) bond motifs is 1. The second-order valence-corrected chi connectivity index (χ2v) is 7.46. The average molecular weight is 412 g/mol. The summed E-state index contributed by atoms with van der Waals surface area (Å²) in [5.74, 6) is -1.32. The zero-order valence-electron chi connectivity index (χ0n) is 15.8.